The van der Waals surface area contributed by atoms with E-state index in [1.807, 2.05) is 13.0 Å². The Labute approximate surface area is 124 Å². The monoisotopic (exact) mass is 333 g/mol. The van der Waals surface area contributed by atoms with E-state index in [0.717, 1.165) is 15.6 Å². The highest BCUT2D eigenvalue weighted by atomic mass is 79.9. The van der Waals surface area contributed by atoms with Crippen LogP contribution in [0.4, 0.5) is 5.69 Å². The number of nitro groups is 1. The highest BCUT2D eigenvalue weighted by molar-refractivity contribution is 9.10. The summed E-state index contributed by atoms with van der Waals surface area (Å²) >= 11 is 3.40. The number of carbonyl (C=O) groups excluding carboxylic acids is 1. The first-order chi connectivity index (χ1) is 9.47. The van der Waals surface area contributed by atoms with Crippen molar-refractivity contribution in [3.05, 3.63) is 73.7 Å². The third-order valence-electron chi connectivity index (χ3n) is 3.01. The standard InChI is InChI=1S/C15H12BrNO3/c1-10-2-5-12(9-14(10)16)15(18)8-11-3-6-13(7-4-11)17(19)20/h2-7,9H,8H2,1H3. The molecule has 0 saturated heterocycles. The first kappa shape index (κ1) is 14.4. The molecule has 0 aromatic heterocycles. The topological polar surface area (TPSA) is 60.2 Å². The first-order valence-corrected chi connectivity index (χ1v) is 6.79. The number of benzene rings is 2. The minimum atomic E-state index is -0.456. The zero-order valence-electron chi connectivity index (χ0n) is 10.8. The first-order valence-electron chi connectivity index (χ1n) is 6.00. The maximum atomic E-state index is 12.1. The molecule has 2 aromatic carbocycles. The summed E-state index contributed by atoms with van der Waals surface area (Å²) in [5.41, 5.74) is 2.48. The number of carbonyl (C=O) groups is 1. The van der Waals surface area contributed by atoms with Crippen LogP contribution in [0.2, 0.25) is 0 Å². The molecule has 0 atom stereocenters. The number of nitrogens with zero attached hydrogens (tertiary/aromatic N) is 1. The number of ketones is 1. The highest BCUT2D eigenvalue weighted by Crippen LogP contribution is 2.19. The van der Waals surface area contributed by atoms with Gasteiger partial charge in [0.15, 0.2) is 5.78 Å². The van der Waals surface area contributed by atoms with Gasteiger partial charge >= 0.3 is 0 Å². The van der Waals surface area contributed by atoms with Crippen molar-refractivity contribution in [2.24, 2.45) is 0 Å². The molecular formula is C15H12BrNO3. The number of rotatable bonds is 4. The molecule has 102 valence electrons. The summed E-state index contributed by atoms with van der Waals surface area (Å²) in [4.78, 5) is 22.2. The van der Waals surface area contributed by atoms with Crippen LogP contribution < -0.4 is 0 Å². The summed E-state index contributed by atoms with van der Waals surface area (Å²) in [7, 11) is 0. The van der Waals surface area contributed by atoms with Crippen LogP contribution in [-0.4, -0.2) is 10.7 Å². The lowest BCUT2D eigenvalue weighted by Gasteiger charge is -2.04. The average molecular weight is 334 g/mol. The van der Waals surface area contributed by atoms with Crippen LogP contribution in [0.5, 0.6) is 0 Å². The summed E-state index contributed by atoms with van der Waals surface area (Å²) < 4.78 is 0.895. The van der Waals surface area contributed by atoms with Crippen molar-refractivity contribution in [3.8, 4) is 0 Å². The Morgan fingerprint density at radius 3 is 2.40 bits per heavy atom. The average Bonchev–Trinajstić information content (AvgIpc) is 2.42. The number of non-ortho nitro benzene ring substituents is 1. The van der Waals surface area contributed by atoms with Crippen LogP contribution in [0.15, 0.2) is 46.9 Å². The van der Waals surface area contributed by atoms with Crippen molar-refractivity contribution in [2.75, 3.05) is 0 Å². The van der Waals surface area contributed by atoms with E-state index in [1.54, 1.807) is 24.3 Å². The van der Waals surface area contributed by atoms with Gasteiger partial charge in [-0.15, -0.1) is 0 Å². The fourth-order valence-electron chi connectivity index (χ4n) is 1.79. The van der Waals surface area contributed by atoms with Gasteiger partial charge < -0.3 is 0 Å². The molecule has 0 fully saturated rings. The van der Waals surface area contributed by atoms with Crippen LogP contribution in [0, 0.1) is 17.0 Å². The van der Waals surface area contributed by atoms with E-state index in [-0.39, 0.29) is 17.9 Å². The van der Waals surface area contributed by atoms with Crippen LogP contribution in [0.3, 0.4) is 0 Å². The molecule has 4 nitrogen and oxygen atoms in total. The molecular weight excluding hydrogens is 322 g/mol. The van der Waals surface area contributed by atoms with Crippen molar-refractivity contribution in [3.63, 3.8) is 0 Å². The molecule has 0 spiro atoms. The molecule has 20 heavy (non-hydrogen) atoms. The molecule has 5 heteroatoms. The molecule has 0 unspecified atom stereocenters. The van der Waals surface area contributed by atoms with Crippen molar-refractivity contribution < 1.29 is 9.72 Å². The Bertz CT molecular complexity index is 665. The summed E-state index contributed by atoms with van der Waals surface area (Å²) in [5, 5.41) is 10.6. The van der Waals surface area contributed by atoms with Crippen molar-refractivity contribution in [1.82, 2.24) is 0 Å². The van der Waals surface area contributed by atoms with E-state index in [1.165, 1.54) is 12.1 Å². The predicted octanol–water partition coefficient (Wildman–Crippen LogP) is 4.09. The number of halogens is 1. The molecule has 0 bridgehead atoms. The molecule has 0 amide bonds. The van der Waals surface area contributed by atoms with Gasteiger partial charge in [0.1, 0.15) is 0 Å². The Kier molecular flexibility index (Phi) is 4.29. The van der Waals surface area contributed by atoms with Crippen LogP contribution in [0.25, 0.3) is 0 Å². The van der Waals surface area contributed by atoms with Gasteiger partial charge in [-0.25, -0.2) is 0 Å². The molecule has 2 rings (SSSR count). The Morgan fingerprint density at radius 1 is 1.20 bits per heavy atom. The molecule has 0 heterocycles. The van der Waals surface area contributed by atoms with Crippen LogP contribution in [-0.2, 0) is 6.42 Å². The largest absolute Gasteiger partial charge is 0.294 e. The minimum absolute atomic E-state index is 0.0143. The smallest absolute Gasteiger partial charge is 0.269 e. The second-order valence-electron chi connectivity index (χ2n) is 4.49. The number of nitro benzene ring substituents is 1. The van der Waals surface area contributed by atoms with E-state index >= 15 is 0 Å². The molecule has 0 N–H and O–H groups in total. The normalized spacial score (nSPS) is 10.3. The SMILES string of the molecule is Cc1ccc(C(=O)Cc2ccc([N+](=O)[O-])cc2)cc1Br. The van der Waals surface area contributed by atoms with Gasteiger partial charge in [-0.3, -0.25) is 14.9 Å². The summed E-state index contributed by atoms with van der Waals surface area (Å²) in [6, 6.07) is 11.5. The predicted molar refractivity (Wildman–Crippen MR) is 80.0 cm³/mol. The third kappa shape index (κ3) is 3.30. The molecule has 0 aliphatic carbocycles. The van der Waals surface area contributed by atoms with Crippen molar-refractivity contribution in [1.29, 1.82) is 0 Å². The van der Waals surface area contributed by atoms with Gasteiger partial charge in [-0.2, -0.15) is 0 Å². The van der Waals surface area contributed by atoms with E-state index in [9.17, 15) is 14.9 Å². The number of hydrogen-bond acceptors (Lipinski definition) is 3. The zero-order chi connectivity index (χ0) is 14.7. The fourth-order valence-corrected chi connectivity index (χ4v) is 2.17. The molecule has 0 saturated carbocycles. The van der Waals surface area contributed by atoms with E-state index < -0.39 is 4.92 Å². The number of aryl methyl sites for hydroxylation is 1. The lowest BCUT2D eigenvalue weighted by molar-refractivity contribution is -0.384. The van der Waals surface area contributed by atoms with Gasteiger partial charge in [0.2, 0.25) is 0 Å². The zero-order valence-corrected chi connectivity index (χ0v) is 12.4. The highest BCUT2D eigenvalue weighted by Gasteiger charge is 2.10. The van der Waals surface area contributed by atoms with Crippen molar-refractivity contribution >= 4 is 27.4 Å². The summed E-state index contributed by atoms with van der Waals surface area (Å²) in [6.45, 7) is 1.95. The molecule has 2 aromatic rings. The fraction of sp³-hybridized carbons (Fsp3) is 0.133. The molecule has 0 aliphatic rings. The second-order valence-corrected chi connectivity index (χ2v) is 5.34. The molecule has 0 radical (unpaired) electrons. The van der Waals surface area contributed by atoms with Crippen molar-refractivity contribution in [2.45, 2.75) is 13.3 Å². The lowest BCUT2D eigenvalue weighted by Crippen LogP contribution is -2.04. The number of hydrogen-bond donors (Lipinski definition) is 0. The summed E-state index contributed by atoms with van der Waals surface area (Å²) in [6.07, 6.45) is 0.230. The minimum Gasteiger partial charge on any atom is -0.294 e. The molecule has 0 aliphatic heterocycles. The van der Waals surface area contributed by atoms with Gasteiger partial charge in [-0.05, 0) is 24.1 Å². The van der Waals surface area contributed by atoms with Crippen LogP contribution in [0.1, 0.15) is 21.5 Å². The Hall–Kier alpha value is -2.01. The van der Waals surface area contributed by atoms with Gasteiger partial charge in [0, 0.05) is 28.6 Å². The number of Topliss-reactive ketones (excluding diaryl/α,β-unsaturated/α-hetero) is 1. The lowest BCUT2D eigenvalue weighted by atomic mass is 10.0. The second kappa shape index (κ2) is 5.96. The maximum Gasteiger partial charge on any atom is 0.269 e. The van der Waals surface area contributed by atoms with E-state index in [0.29, 0.717) is 5.56 Å². The maximum absolute atomic E-state index is 12.1. The summed E-state index contributed by atoms with van der Waals surface area (Å²) in [5.74, 6) is -0.0143. The van der Waals surface area contributed by atoms with Gasteiger partial charge in [0.05, 0.1) is 4.92 Å². The quantitative estimate of drug-likeness (QED) is 0.481. The Morgan fingerprint density at radius 2 is 1.85 bits per heavy atom. The van der Waals surface area contributed by atoms with E-state index in [4.69, 9.17) is 0 Å². The van der Waals surface area contributed by atoms with Gasteiger partial charge in [0.25, 0.3) is 5.69 Å². The van der Waals surface area contributed by atoms with Crippen LogP contribution >= 0.6 is 15.9 Å². The Balaban J connectivity index is 2.14. The third-order valence-corrected chi connectivity index (χ3v) is 3.86. The van der Waals surface area contributed by atoms with E-state index in [2.05, 4.69) is 15.9 Å². The van der Waals surface area contributed by atoms with Gasteiger partial charge in [-0.1, -0.05) is 40.2 Å².